The zero-order chi connectivity index (χ0) is 5.11. The van der Waals surface area contributed by atoms with Crippen LogP contribution in [-0.2, 0) is 27.7 Å². The van der Waals surface area contributed by atoms with Gasteiger partial charge in [0.1, 0.15) is 0 Å². The molecule has 0 aliphatic heterocycles. The van der Waals surface area contributed by atoms with E-state index in [1.807, 2.05) is 30.3 Å². The van der Waals surface area contributed by atoms with Gasteiger partial charge in [0.05, 0.1) is 0 Å². The van der Waals surface area contributed by atoms with Gasteiger partial charge in [0, 0.05) is 32.7 Å². The van der Waals surface area contributed by atoms with E-state index in [2.05, 4.69) is 0 Å². The third-order valence-corrected chi connectivity index (χ3v) is 0.985. The van der Waals surface area contributed by atoms with E-state index in [-0.39, 0.29) is 27.7 Å². The summed E-state index contributed by atoms with van der Waals surface area (Å²) in [5.41, 5.74) is 0. The molecule has 0 saturated heterocycles. The van der Waals surface area contributed by atoms with E-state index < -0.39 is 0 Å². The fourth-order valence-electron chi connectivity index (χ4n) is 0.415. The standard InChI is InChI=1S/C6H5Cl.Hg/c7-6-4-2-1-3-5-6;/h1-5H;. The van der Waals surface area contributed by atoms with Gasteiger partial charge in [-0.2, -0.15) is 0 Å². The van der Waals surface area contributed by atoms with Crippen LogP contribution < -0.4 is 0 Å². The topological polar surface area (TPSA) is 0 Å². The summed E-state index contributed by atoms with van der Waals surface area (Å²) in [4.78, 5) is 0. The van der Waals surface area contributed by atoms with Crippen molar-refractivity contribution in [3.63, 3.8) is 0 Å². The number of hydrogen-bond acceptors (Lipinski definition) is 0. The zero-order valence-electron chi connectivity index (χ0n) is 4.47. The first kappa shape index (κ1) is 8.45. The maximum atomic E-state index is 5.54. The molecule has 38 valence electrons. The first-order chi connectivity index (χ1) is 3.39. The summed E-state index contributed by atoms with van der Waals surface area (Å²) in [6, 6.07) is 9.44. The first-order valence-corrected chi connectivity index (χ1v) is 2.48. The van der Waals surface area contributed by atoms with E-state index in [0.717, 1.165) is 5.02 Å². The van der Waals surface area contributed by atoms with Crippen molar-refractivity contribution in [1.82, 2.24) is 0 Å². The summed E-state index contributed by atoms with van der Waals surface area (Å²) in [6.45, 7) is 0. The van der Waals surface area contributed by atoms with Crippen LogP contribution in [0.3, 0.4) is 0 Å². The van der Waals surface area contributed by atoms with Gasteiger partial charge in [-0.3, -0.25) is 0 Å². The van der Waals surface area contributed by atoms with Gasteiger partial charge in [-0.25, -0.2) is 0 Å². The molecule has 0 aromatic heterocycles. The van der Waals surface area contributed by atoms with E-state index in [0.29, 0.717) is 0 Å². The normalized spacial score (nSPS) is 7.62. The molecular formula is C6H5ClHg. The Morgan fingerprint density at radius 3 is 1.75 bits per heavy atom. The minimum atomic E-state index is 0. The van der Waals surface area contributed by atoms with Crippen LogP contribution in [0.5, 0.6) is 0 Å². The predicted molar refractivity (Wildman–Crippen MR) is 31.5 cm³/mol. The average Bonchev–Trinajstić information content (AvgIpc) is 1.69. The fraction of sp³-hybridized carbons (Fsp3) is 0. The molecule has 0 fully saturated rings. The molecule has 0 nitrogen and oxygen atoms in total. The summed E-state index contributed by atoms with van der Waals surface area (Å²) < 4.78 is 0. The van der Waals surface area contributed by atoms with Gasteiger partial charge in [-0.15, -0.1) is 0 Å². The second-order valence-corrected chi connectivity index (χ2v) is 1.73. The van der Waals surface area contributed by atoms with E-state index >= 15 is 0 Å². The van der Waals surface area contributed by atoms with E-state index in [1.165, 1.54) is 0 Å². The summed E-state index contributed by atoms with van der Waals surface area (Å²) in [5, 5.41) is 0.794. The molecule has 1 aromatic rings. The zero-order valence-corrected chi connectivity index (χ0v) is 10.7. The van der Waals surface area contributed by atoms with Gasteiger partial charge in [0.2, 0.25) is 0 Å². The molecule has 0 spiro atoms. The molecule has 0 radical (unpaired) electrons. The monoisotopic (exact) mass is 314 g/mol. The van der Waals surface area contributed by atoms with Crippen molar-refractivity contribution in [3.8, 4) is 0 Å². The second kappa shape index (κ2) is 4.34. The Labute approximate surface area is 74.4 Å². The molecule has 0 aliphatic rings. The summed E-state index contributed by atoms with van der Waals surface area (Å²) >= 11 is 5.54. The molecule has 2 heteroatoms. The maximum Gasteiger partial charge on any atom is 0.0405 e. The molecule has 0 saturated carbocycles. The Morgan fingerprint density at radius 2 is 1.50 bits per heavy atom. The molecule has 0 N–H and O–H groups in total. The largest absolute Gasteiger partial charge is 0.0843 e. The Kier molecular flexibility index (Phi) is 4.58. The van der Waals surface area contributed by atoms with Crippen LogP contribution in [0.1, 0.15) is 0 Å². The minimum Gasteiger partial charge on any atom is -0.0843 e. The minimum absolute atomic E-state index is 0. The van der Waals surface area contributed by atoms with Crippen LogP contribution in [0.4, 0.5) is 0 Å². The number of halogens is 1. The molecule has 8 heavy (non-hydrogen) atoms. The molecule has 0 bridgehead atoms. The van der Waals surface area contributed by atoms with E-state index in [9.17, 15) is 0 Å². The second-order valence-electron chi connectivity index (χ2n) is 1.30. The van der Waals surface area contributed by atoms with Gasteiger partial charge in [0.15, 0.2) is 0 Å². The van der Waals surface area contributed by atoms with Gasteiger partial charge < -0.3 is 0 Å². The van der Waals surface area contributed by atoms with Crippen molar-refractivity contribution in [2.24, 2.45) is 0 Å². The van der Waals surface area contributed by atoms with Crippen LogP contribution in [-0.4, -0.2) is 0 Å². The SMILES string of the molecule is Clc1ccccc1.[Hg]. The molecule has 0 amide bonds. The Morgan fingerprint density at radius 1 is 1.00 bits per heavy atom. The van der Waals surface area contributed by atoms with Crippen molar-refractivity contribution < 1.29 is 27.7 Å². The number of hydrogen-bond donors (Lipinski definition) is 0. The van der Waals surface area contributed by atoms with Crippen LogP contribution in [0.15, 0.2) is 30.3 Å². The van der Waals surface area contributed by atoms with Gasteiger partial charge in [0.25, 0.3) is 0 Å². The van der Waals surface area contributed by atoms with Crippen molar-refractivity contribution in [2.75, 3.05) is 0 Å². The van der Waals surface area contributed by atoms with Gasteiger partial charge >= 0.3 is 0 Å². The van der Waals surface area contributed by atoms with Crippen molar-refractivity contribution in [3.05, 3.63) is 35.4 Å². The third kappa shape index (κ3) is 2.68. The smallest absolute Gasteiger partial charge is 0.0405 e. The summed E-state index contributed by atoms with van der Waals surface area (Å²) in [7, 11) is 0. The molecule has 0 heterocycles. The Bertz CT molecular complexity index is 138. The Balaban J connectivity index is 0.000000490. The van der Waals surface area contributed by atoms with Crippen LogP contribution in [0, 0.1) is 0 Å². The number of benzene rings is 1. The van der Waals surface area contributed by atoms with Gasteiger partial charge in [-0.05, 0) is 12.1 Å². The third-order valence-electron chi connectivity index (χ3n) is 0.733. The van der Waals surface area contributed by atoms with Gasteiger partial charge in [-0.1, -0.05) is 29.8 Å². The van der Waals surface area contributed by atoms with E-state index in [1.54, 1.807) is 0 Å². The van der Waals surface area contributed by atoms with E-state index in [4.69, 9.17) is 11.6 Å². The fourth-order valence-corrected chi connectivity index (χ4v) is 0.560. The number of rotatable bonds is 0. The summed E-state index contributed by atoms with van der Waals surface area (Å²) in [5.74, 6) is 0. The molecule has 0 unspecified atom stereocenters. The molecule has 1 aromatic carbocycles. The molecule has 0 aliphatic carbocycles. The van der Waals surface area contributed by atoms with Crippen molar-refractivity contribution in [1.29, 1.82) is 0 Å². The molecule has 1 rings (SSSR count). The Hall–Kier alpha value is 0.445. The van der Waals surface area contributed by atoms with Crippen molar-refractivity contribution in [2.45, 2.75) is 0 Å². The average molecular weight is 313 g/mol. The van der Waals surface area contributed by atoms with Crippen LogP contribution in [0.25, 0.3) is 0 Å². The first-order valence-electron chi connectivity index (χ1n) is 2.10. The van der Waals surface area contributed by atoms with Crippen LogP contribution in [0.2, 0.25) is 5.02 Å². The van der Waals surface area contributed by atoms with Crippen LogP contribution >= 0.6 is 11.6 Å². The predicted octanol–water partition coefficient (Wildman–Crippen LogP) is 2.34. The molecular weight excluding hydrogens is 308 g/mol. The van der Waals surface area contributed by atoms with Crippen molar-refractivity contribution >= 4 is 11.6 Å². The molecule has 0 atom stereocenters. The summed E-state index contributed by atoms with van der Waals surface area (Å²) in [6.07, 6.45) is 0. The maximum absolute atomic E-state index is 5.54. The quantitative estimate of drug-likeness (QED) is 0.645.